The minimum atomic E-state index is -1.04. The van der Waals surface area contributed by atoms with Crippen LogP contribution in [0.4, 0.5) is 0 Å². The number of allylic oxidation sites excluding steroid dienone is 4. The van der Waals surface area contributed by atoms with E-state index < -0.39 is 12.1 Å². The van der Waals surface area contributed by atoms with E-state index in [0.29, 0.717) is 24.2 Å². The molecule has 1 aromatic rings. The Balaban J connectivity index is 2.35. The van der Waals surface area contributed by atoms with E-state index in [9.17, 15) is 19.5 Å². The third-order valence-corrected chi connectivity index (χ3v) is 7.85. The lowest BCUT2D eigenvalue weighted by molar-refractivity contribution is -0.245. The molecule has 0 spiro atoms. The number of ketones is 1. The summed E-state index contributed by atoms with van der Waals surface area (Å²) in [5.74, 6) is -0.286. The molecule has 4 atom stereocenters. The first kappa shape index (κ1) is 29.6. The molecular weight excluding hydrogens is 484 g/mol. The molecule has 0 aliphatic heterocycles. The molecule has 198 valence electrons. The van der Waals surface area contributed by atoms with E-state index in [2.05, 4.69) is 19.9 Å². The quantitative estimate of drug-likeness (QED) is 0.130. The minimum absolute atomic E-state index is 0.0218. The Morgan fingerprint density at radius 1 is 1.33 bits per heavy atom. The molecule has 0 saturated heterocycles. The van der Waals surface area contributed by atoms with E-state index in [4.69, 9.17) is 26.1 Å². The average molecular weight is 521 g/mol. The number of carbonyl (C=O) groups excluding carboxylic acids is 3. The van der Waals surface area contributed by atoms with Crippen molar-refractivity contribution < 1.29 is 34.0 Å². The number of aldehydes is 1. The number of ether oxygens (including phenoxy) is 1. The van der Waals surface area contributed by atoms with Crippen LogP contribution < -0.4 is 4.89 Å². The Labute approximate surface area is 218 Å². The first-order valence-electron chi connectivity index (χ1n) is 12.3. The predicted octanol–water partition coefficient (Wildman–Crippen LogP) is 6.11. The number of phenols is 1. The summed E-state index contributed by atoms with van der Waals surface area (Å²) >= 11 is 6.46. The van der Waals surface area contributed by atoms with Crippen molar-refractivity contribution in [2.45, 2.75) is 73.8 Å². The molecule has 4 unspecified atom stereocenters. The highest BCUT2D eigenvalue weighted by Crippen LogP contribution is 2.45. The van der Waals surface area contributed by atoms with E-state index in [1.165, 1.54) is 6.92 Å². The number of halogens is 1. The number of rotatable bonds is 10. The smallest absolute Gasteiger partial charge is 0.339 e. The molecule has 1 fully saturated rings. The zero-order chi connectivity index (χ0) is 27.2. The van der Waals surface area contributed by atoms with Gasteiger partial charge in [0, 0.05) is 17.9 Å². The number of Topliss-reactive ketones (excluding diaryl/α,β-unsaturated/α-hetero) is 1. The molecule has 1 saturated carbocycles. The molecular formula is C28H37ClO7. The fourth-order valence-corrected chi connectivity index (χ4v) is 4.57. The second-order valence-corrected chi connectivity index (χ2v) is 10.1. The largest absolute Gasteiger partial charge is 0.507 e. The molecule has 0 amide bonds. The lowest BCUT2D eigenvalue weighted by atomic mass is 9.61. The fraction of sp³-hybridized carbons (Fsp3) is 0.536. The summed E-state index contributed by atoms with van der Waals surface area (Å²) in [5, 5.41) is 10.9. The van der Waals surface area contributed by atoms with Crippen LogP contribution in [-0.2, 0) is 25.6 Å². The topological polar surface area (TPSA) is 99.1 Å². The van der Waals surface area contributed by atoms with Crippen molar-refractivity contribution in [3.05, 3.63) is 45.5 Å². The number of hydrogen-bond acceptors (Lipinski definition) is 7. The molecule has 1 aliphatic rings. The van der Waals surface area contributed by atoms with E-state index in [1.54, 1.807) is 13.8 Å². The van der Waals surface area contributed by atoms with Crippen molar-refractivity contribution >= 4 is 29.6 Å². The Morgan fingerprint density at radius 2 is 2.00 bits per heavy atom. The molecule has 0 aromatic heterocycles. The first-order chi connectivity index (χ1) is 16.9. The lowest BCUT2D eigenvalue weighted by Gasteiger charge is -2.42. The first-order valence-corrected chi connectivity index (χ1v) is 12.6. The van der Waals surface area contributed by atoms with Crippen LogP contribution in [0.15, 0.2) is 23.8 Å². The van der Waals surface area contributed by atoms with Gasteiger partial charge in [-0.2, -0.15) is 4.89 Å². The van der Waals surface area contributed by atoms with Crippen molar-refractivity contribution in [1.29, 1.82) is 0 Å². The van der Waals surface area contributed by atoms with Gasteiger partial charge >= 0.3 is 5.97 Å². The number of phenolic OH excluding ortho intramolecular Hbond substituents is 1. The van der Waals surface area contributed by atoms with Crippen LogP contribution in [0.25, 0.3) is 0 Å². The van der Waals surface area contributed by atoms with Crippen LogP contribution in [0.3, 0.4) is 0 Å². The van der Waals surface area contributed by atoms with Crippen molar-refractivity contribution in [1.82, 2.24) is 0 Å². The number of carbonyl (C=O) groups is 3. The second kappa shape index (κ2) is 12.5. The maximum absolute atomic E-state index is 12.3. The zero-order valence-electron chi connectivity index (χ0n) is 22.1. The molecule has 1 aromatic carbocycles. The summed E-state index contributed by atoms with van der Waals surface area (Å²) in [7, 11) is 0. The highest BCUT2D eigenvalue weighted by molar-refractivity contribution is 6.33. The lowest BCUT2D eigenvalue weighted by Crippen LogP contribution is -2.40. The van der Waals surface area contributed by atoms with Crippen LogP contribution >= 0.6 is 11.6 Å². The maximum Gasteiger partial charge on any atom is 0.339 e. The maximum atomic E-state index is 12.3. The Bertz CT molecular complexity index is 1060. The predicted molar refractivity (Wildman–Crippen MR) is 138 cm³/mol. The molecule has 2 rings (SSSR count). The molecule has 0 bridgehead atoms. The second-order valence-electron chi connectivity index (χ2n) is 9.68. The van der Waals surface area contributed by atoms with Gasteiger partial charge in [0.25, 0.3) is 0 Å². The van der Waals surface area contributed by atoms with E-state index in [-0.39, 0.29) is 57.8 Å². The summed E-state index contributed by atoms with van der Waals surface area (Å²) < 4.78 is 4.91. The molecule has 1 aliphatic carbocycles. The zero-order valence-corrected chi connectivity index (χ0v) is 22.9. The average Bonchev–Trinajstić information content (AvgIpc) is 2.85. The standard InChI is InChI=1S/C28H37ClO7/c1-8-34-27(33)20(6)35-36-26-21(25(32)22(15-30)18(4)24(26)29)11-9-16(2)13-14-28(7)17(3)10-12-23(31)19(28)5/h9,13-15,17,19-20,32H,8,10-12H2,1-7H3/b14-13+,16-9+. The molecule has 1 N–H and O–H groups in total. The minimum Gasteiger partial charge on any atom is -0.507 e. The van der Waals surface area contributed by atoms with Crippen molar-refractivity contribution in [3.8, 4) is 11.5 Å². The van der Waals surface area contributed by atoms with Gasteiger partial charge in [0.2, 0.25) is 0 Å². The fourth-order valence-electron chi connectivity index (χ4n) is 4.32. The molecule has 0 heterocycles. The van der Waals surface area contributed by atoms with Gasteiger partial charge in [-0.3, -0.25) is 9.59 Å². The van der Waals surface area contributed by atoms with Crippen LogP contribution in [0.1, 0.15) is 75.9 Å². The summed E-state index contributed by atoms with van der Waals surface area (Å²) in [4.78, 5) is 46.4. The normalized spacial score (nSPS) is 23.6. The van der Waals surface area contributed by atoms with Crippen LogP contribution in [-0.4, -0.2) is 35.9 Å². The number of benzene rings is 1. The Kier molecular flexibility index (Phi) is 10.3. The SMILES string of the molecule is CCOC(=O)C(C)OOc1c(Cl)c(C)c(C=O)c(O)c1C/C=C(C)/C=C/C1(C)C(C)CCC(=O)C1C. The van der Waals surface area contributed by atoms with E-state index >= 15 is 0 Å². The highest BCUT2D eigenvalue weighted by atomic mass is 35.5. The van der Waals surface area contributed by atoms with Gasteiger partial charge in [-0.05, 0) is 57.4 Å². The summed E-state index contributed by atoms with van der Waals surface area (Å²) in [5.41, 5.74) is 1.27. The summed E-state index contributed by atoms with van der Waals surface area (Å²) in [6.07, 6.45) is 7.07. The van der Waals surface area contributed by atoms with Gasteiger partial charge in [0.1, 0.15) is 11.5 Å². The molecule has 0 radical (unpaired) electrons. The number of aromatic hydroxyl groups is 1. The van der Waals surface area contributed by atoms with Crippen molar-refractivity contribution in [2.24, 2.45) is 17.3 Å². The molecule has 36 heavy (non-hydrogen) atoms. The van der Waals surface area contributed by atoms with Crippen LogP contribution in [0, 0.1) is 24.2 Å². The monoisotopic (exact) mass is 520 g/mol. The Hall–Kier alpha value is -2.64. The molecule has 8 heteroatoms. The van der Waals surface area contributed by atoms with Gasteiger partial charge < -0.3 is 14.7 Å². The summed E-state index contributed by atoms with van der Waals surface area (Å²) in [6, 6.07) is 0. The van der Waals surface area contributed by atoms with Gasteiger partial charge in [-0.15, -0.1) is 0 Å². The number of hydrogen-bond donors (Lipinski definition) is 1. The third-order valence-electron chi connectivity index (χ3n) is 7.39. The van der Waals surface area contributed by atoms with Crippen LogP contribution in [0.2, 0.25) is 5.02 Å². The van der Waals surface area contributed by atoms with Crippen molar-refractivity contribution in [3.63, 3.8) is 0 Å². The van der Waals surface area contributed by atoms with E-state index in [1.807, 2.05) is 26.0 Å². The van der Waals surface area contributed by atoms with Gasteiger partial charge in [0.05, 0.1) is 17.2 Å². The van der Waals surface area contributed by atoms with E-state index in [0.717, 1.165) is 12.0 Å². The van der Waals surface area contributed by atoms with Crippen LogP contribution in [0.5, 0.6) is 11.5 Å². The number of esters is 1. The third kappa shape index (κ3) is 6.37. The van der Waals surface area contributed by atoms with Gasteiger partial charge in [-0.1, -0.05) is 56.2 Å². The highest BCUT2D eigenvalue weighted by Gasteiger charge is 2.41. The Morgan fingerprint density at radius 3 is 2.61 bits per heavy atom. The van der Waals surface area contributed by atoms with Crippen molar-refractivity contribution in [2.75, 3.05) is 6.61 Å². The van der Waals surface area contributed by atoms with Gasteiger partial charge in [0.15, 0.2) is 18.1 Å². The van der Waals surface area contributed by atoms with Gasteiger partial charge in [-0.25, -0.2) is 4.79 Å². The molecule has 7 nitrogen and oxygen atoms in total. The summed E-state index contributed by atoms with van der Waals surface area (Å²) in [6.45, 7) is 13.1.